The average Bonchev–Trinajstić information content (AvgIpc) is 3.17. The van der Waals surface area contributed by atoms with E-state index < -0.39 is 15.3 Å². The van der Waals surface area contributed by atoms with Crippen LogP contribution in [0.1, 0.15) is 20.8 Å². The zero-order chi connectivity index (χ0) is 18.7. The summed E-state index contributed by atoms with van der Waals surface area (Å²) in [6.07, 6.45) is 0. The molecule has 7 nitrogen and oxygen atoms in total. The van der Waals surface area contributed by atoms with Crippen LogP contribution in [0.4, 0.5) is 5.69 Å². The molecule has 0 aliphatic carbocycles. The molecule has 0 spiro atoms. The SMILES string of the molecule is CC(C)(C)C(=O)N=C1S[C@@H]2CS(=O)(=O)C[C@@H]2N1c1ccc2c(c1)OCO2. The maximum Gasteiger partial charge on any atom is 0.253 e. The number of sulfone groups is 1. The Kier molecular flexibility index (Phi) is 4.00. The van der Waals surface area contributed by atoms with Gasteiger partial charge >= 0.3 is 0 Å². The molecule has 4 rings (SSSR count). The van der Waals surface area contributed by atoms with Crippen molar-refractivity contribution >= 4 is 38.4 Å². The molecule has 1 amide bonds. The van der Waals surface area contributed by atoms with Gasteiger partial charge in [-0.1, -0.05) is 32.5 Å². The number of carbonyl (C=O) groups is 1. The van der Waals surface area contributed by atoms with Gasteiger partial charge in [-0.05, 0) is 12.1 Å². The summed E-state index contributed by atoms with van der Waals surface area (Å²) in [7, 11) is -3.10. The van der Waals surface area contributed by atoms with E-state index in [0.717, 1.165) is 5.69 Å². The molecule has 1 aromatic rings. The minimum absolute atomic E-state index is 0.0574. The number of rotatable bonds is 1. The number of hydrogen-bond donors (Lipinski definition) is 0. The fraction of sp³-hybridized carbons (Fsp3) is 0.529. The van der Waals surface area contributed by atoms with Crippen molar-refractivity contribution in [3.63, 3.8) is 0 Å². The van der Waals surface area contributed by atoms with Gasteiger partial charge in [-0.15, -0.1) is 0 Å². The van der Waals surface area contributed by atoms with Crippen LogP contribution >= 0.6 is 11.8 Å². The Morgan fingerprint density at radius 1 is 1.23 bits per heavy atom. The third-order valence-corrected chi connectivity index (χ3v) is 7.75. The minimum Gasteiger partial charge on any atom is -0.454 e. The first-order valence-electron chi connectivity index (χ1n) is 8.33. The minimum atomic E-state index is -3.10. The second kappa shape index (κ2) is 5.88. The number of ether oxygens (including phenoxy) is 2. The number of hydrogen-bond acceptors (Lipinski definition) is 6. The summed E-state index contributed by atoms with van der Waals surface area (Å²) in [5.74, 6) is 1.20. The number of amidine groups is 1. The lowest BCUT2D eigenvalue weighted by Gasteiger charge is -2.25. The first-order valence-corrected chi connectivity index (χ1v) is 11.0. The van der Waals surface area contributed by atoms with Gasteiger partial charge in [0.2, 0.25) is 6.79 Å². The van der Waals surface area contributed by atoms with Gasteiger partial charge in [-0.3, -0.25) is 4.79 Å². The van der Waals surface area contributed by atoms with E-state index in [0.29, 0.717) is 16.7 Å². The first kappa shape index (κ1) is 17.7. The average molecular weight is 396 g/mol. The lowest BCUT2D eigenvalue weighted by molar-refractivity contribution is -0.124. The van der Waals surface area contributed by atoms with E-state index >= 15 is 0 Å². The summed E-state index contributed by atoms with van der Waals surface area (Å²) >= 11 is 1.37. The van der Waals surface area contributed by atoms with Crippen LogP contribution in [0.25, 0.3) is 0 Å². The number of carbonyl (C=O) groups excluding carboxylic acids is 1. The Hall–Kier alpha value is -1.74. The van der Waals surface area contributed by atoms with Crippen LogP contribution < -0.4 is 14.4 Å². The molecule has 2 saturated heterocycles. The zero-order valence-corrected chi connectivity index (χ0v) is 16.4. The Bertz CT molecular complexity index is 904. The Balaban J connectivity index is 1.75. The van der Waals surface area contributed by atoms with Crippen molar-refractivity contribution in [2.24, 2.45) is 10.4 Å². The number of amides is 1. The summed E-state index contributed by atoms with van der Waals surface area (Å²) in [5, 5.41) is 0.422. The second-order valence-electron chi connectivity index (χ2n) is 7.66. The molecule has 0 radical (unpaired) electrons. The van der Waals surface area contributed by atoms with Crippen molar-refractivity contribution < 1.29 is 22.7 Å². The number of fused-ring (bicyclic) bond motifs is 2. The first-order chi connectivity index (χ1) is 12.1. The van der Waals surface area contributed by atoms with Crippen LogP contribution in [0.5, 0.6) is 11.5 Å². The molecular formula is C17H20N2O5S2. The molecule has 9 heteroatoms. The van der Waals surface area contributed by atoms with Crippen molar-refractivity contribution in [3.05, 3.63) is 18.2 Å². The molecule has 0 unspecified atom stereocenters. The Labute approximate surface area is 156 Å². The van der Waals surface area contributed by atoms with Gasteiger partial charge in [0.15, 0.2) is 26.5 Å². The van der Waals surface area contributed by atoms with Crippen molar-refractivity contribution in [1.82, 2.24) is 0 Å². The van der Waals surface area contributed by atoms with Crippen LogP contribution in [-0.2, 0) is 14.6 Å². The number of thioether (sulfide) groups is 1. The molecular weight excluding hydrogens is 376 g/mol. The molecule has 0 N–H and O–H groups in total. The highest BCUT2D eigenvalue weighted by atomic mass is 32.2. The van der Waals surface area contributed by atoms with E-state index in [9.17, 15) is 13.2 Å². The normalized spacial score (nSPS) is 27.8. The van der Waals surface area contributed by atoms with Gasteiger partial charge in [-0.2, -0.15) is 4.99 Å². The van der Waals surface area contributed by atoms with Crippen molar-refractivity contribution in [1.29, 1.82) is 0 Å². The van der Waals surface area contributed by atoms with E-state index in [1.54, 1.807) is 6.07 Å². The predicted molar refractivity (Wildman–Crippen MR) is 101 cm³/mol. The molecule has 0 saturated carbocycles. The third-order valence-electron chi connectivity index (χ3n) is 4.54. The van der Waals surface area contributed by atoms with Gasteiger partial charge in [0.25, 0.3) is 5.91 Å². The van der Waals surface area contributed by atoms with Gasteiger partial charge < -0.3 is 14.4 Å². The van der Waals surface area contributed by atoms with Gasteiger partial charge in [0, 0.05) is 22.4 Å². The van der Waals surface area contributed by atoms with E-state index in [-0.39, 0.29) is 35.5 Å². The van der Waals surface area contributed by atoms with E-state index in [2.05, 4.69) is 4.99 Å². The van der Waals surface area contributed by atoms with E-state index in [1.165, 1.54) is 11.8 Å². The predicted octanol–water partition coefficient (Wildman–Crippen LogP) is 2.06. The van der Waals surface area contributed by atoms with E-state index in [4.69, 9.17) is 9.47 Å². The molecule has 0 bridgehead atoms. The zero-order valence-electron chi connectivity index (χ0n) is 14.8. The monoisotopic (exact) mass is 396 g/mol. The number of aliphatic imine (C=N–C) groups is 1. The number of benzene rings is 1. The standard InChI is InChI=1S/C17H20N2O5S2/c1-17(2,3)15(20)18-16-19(11-7-26(21,22)8-14(11)25-16)10-4-5-12-13(6-10)24-9-23-12/h4-6,11,14H,7-9H2,1-3H3/t11-,14+/m0/s1. The number of nitrogens with zero attached hydrogens (tertiary/aromatic N) is 2. The van der Waals surface area contributed by atoms with Crippen LogP contribution in [0.2, 0.25) is 0 Å². The van der Waals surface area contributed by atoms with Crippen molar-refractivity contribution in [2.45, 2.75) is 32.1 Å². The fourth-order valence-electron chi connectivity index (χ4n) is 3.16. The second-order valence-corrected chi connectivity index (χ2v) is 11.0. The molecule has 0 aromatic heterocycles. The summed E-state index contributed by atoms with van der Waals surface area (Å²) < 4.78 is 35.0. The third kappa shape index (κ3) is 3.07. The summed E-state index contributed by atoms with van der Waals surface area (Å²) in [6, 6.07) is 5.21. The molecule has 140 valence electrons. The lowest BCUT2D eigenvalue weighted by Crippen LogP contribution is -2.38. The molecule has 26 heavy (non-hydrogen) atoms. The molecule has 2 fully saturated rings. The van der Waals surface area contributed by atoms with Gasteiger partial charge in [0.1, 0.15) is 0 Å². The highest BCUT2D eigenvalue weighted by molar-refractivity contribution is 8.16. The van der Waals surface area contributed by atoms with Crippen LogP contribution in [0, 0.1) is 5.41 Å². The fourth-order valence-corrected chi connectivity index (χ4v) is 7.07. The van der Waals surface area contributed by atoms with Crippen LogP contribution in [-0.4, -0.2) is 49.1 Å². The summed E-state index contributed by atoms with van der Waals surface area (Å²) in [6.45, 7) is 5.61. The van der Waals surface area contributed by atoms with Crippen molar-refractivity contribution in [2.75, 3.05) is 23.2 Å². The highest BCUT2D eigenvalue weighted by Crippen LogP contribution is 2.44. The summed E-state index contributed by atoms with van der Waals surface area (Å²) in [5.41, 5.74) is 0.157. The quantitative estimate of drug-likeness (QED) is 0.718. The smallest absolute Gasteiger partial charge is 0.253 e. The molecule has 3 heterocycles. The highest BCUT2D eigenvalue weighted by Gasteiger charge is 2.49. The largest absolute Gasteiger partial charge is 0.454 e. The maximum absolute atomic E-state index is 12.4. The van der Waals surface area contributed by atoms with E-state index in [1.807, 2.05) is 37.8 Å². The molecule has 3 aliphatic heterocycles. The van der Waals surface area contributed by atoms with Gasteiger partial charge in [-0.25, -0.2) is 8.42 Å². The lowest BCUT2D eigenvalue weighted by atomic mass is 9.96. The van der Waals surface area contributed by atoms with Crippen molar-refractivity contribution in [3.8, 4) is 11.5 Å². The Morgan fingerprint density at radius 2 is 1.96 bits per heavy atom. The molecule has 1 aromatic carbocycles. The number of anilines is 1. The van der Waals surface area contributed by atoms with Crippen LogP contribution in [0.15, 0.2) is 23.2 Å². The maximum atomic E-state index is 12.4. The molecule has 2 atom stereocenters. The van der Waals surface area contributed by atoms with Crippen LogP contribution in [0.3, 0.4) is 0 Å². The molecule has 3 aliphatic rings. The Morgan fingerprint density at radius 3 is 2.69 bits per heavy atom. The van der Waals surface area contributed by atoms with Gasteiger partial charge in [0.05, 0.1) is 17.5 Å². The topological polar surface area (TPSA) is 85.3 Å². The summed E-state index contributed by atoms with van der Waals surface area (Å²) in [4.78, 5) is 18.6.